The molecule has 410 valence electrons. The second kappa shape index (κ2) is 33.8. The number of halogens is 4. The summed E-state index contributed by atoms with van der Waals surface area (Å²) < 4.78 is 27.1. The van der Waals surface area contributed by atoms with Crippen molar-refractivity contribution in [2.24, 2.45) is 0 Å². The molecule has 5 N–H and O–H groups in total. The van der Waals surface area contributed by atoms with Crippen molar-refractivity contribution in [2.45, 2.75) is 102 Å². The smallest absolute Gasteiger partial charge is 0.192 e. The molecule has 1 heterocycles. The standard InChI is InChI=1S/C15H25BrO2Si.C14H23BrO2Si.C13H20N2O2.C8H9BrO2.C8H7Br/c1-15(2,3)19(5,6)18-11-14(17-4)12-8-7-9-13(16)10-12;1-14(2,3)18(4,5)17-10-13(16)11-7-6-8-12(15)9-11;1-17-13(10-16)11-3-2-4-12(9-11)15-7-5-14-6-8-15;9-7-3-1-2-6(4-7)8(11)5-10;1-2-7-4-3-5-8(9)6-7/h7-10,14H,11H2,1-6H3;6-9,13,16H,10H2,1-5H3;2-4,9,13-14,16H,5-8,10H2,1H3;1-4,8,10-11H,5H2;2-6H,1H2/t14-;2*13-;8-;/m0000./s1. The lowest BCUT2D eigenvalue weighted by Crippen LogP contribution is -2.43. The predicted molar refractivity (Wildman–Crippen MR) is 328 cm³/mol. The van der Waals surface area contributed by atoms with E-state index in [1.54, 1.807) is 26.4 Å². The highest BCUT2D eigenvalue weighted by Crippen LogP contribution is 2.38. The molecule has 0 aromatic heterocycles. The zero-order valence-electron chi connectivity index (χ0n) is 45.7. The average Bonchev–Trinajstić information content (AvgIpc) is 3.36. The topological polar surface area (TPSA) is 133 Å². The second-order valence-corrected chi connectivity index (χ2v) is 34.0. The minimum Gasteiger partial charge on any atom is -0.414 e. The molecule has 74 heavy (non-hydrogen) atoms. The molecule has 1 aliphatic heterocycles. The van der Waals surface area contributed by atoms with E-state index in [1.165, 1.54) is 5.69 Å². The maximum atomic E-state index is 10.2. The molecule has 1 saturated heterocycles. The van der Waals surface area contributed by atoms with Crippen molar-refractivity contribution < 1.29 is 38.8 Å². The SMILES string of the molecule is C=Cc1cccc(Br)c1.CC(C)(C)[Si](C)(C)OC[C@H](O)c1cccc(Br)c1.CO[C@@H](CO)c1cccc(N2CCNCC2)c1.CO[C@@H](CO[Si](C)(C)C(C)(C)C)c1cccc(Br)c1.OC[C@H](O)c1cccc(Br)c1. The zero-order chi connectivity index (χ0) is 55.7. The normalized spacial score (nSPS) is 14.5. The second-order valence-electron chi connectivity index (χ2n) is 20.7. The Morgan fingerprint density at radius 3 is 1.38 bits per heavy atom. The van der Waals surface area contributed by atoms with Crippen molar-refractivity contribution in [2.75, 3.05) is 71.7 Å². The van der Waals surface area contributed by atoms with Gasteiger partial charge in [-0.15, -0.1) is 0 Å². The molecule has 5 aromatic carbocycles. The Kier molecular flexibility index (Phi) is 31.0. The number of methoxy groups -OCH3 is 2. The third-order valence-corrected chi connectivity index (χ3v) is 24.2. The molecule has 0 aliphatic carbocycles. The summed E-state index contributed by atoms with van der Waals surface area (Å²) in [5.41, 5.74) is 6.15. The van der Waals surface area contributed by atoms with E-state index in [2.05, 4.69) is 173 Å². The first-order valence-electron chi connectivity index (χ1n) is 24.8. The van der Waals surface area contributed by atoms with Gasteiger partial charge in [-0.2, -0.15) is 0 Å². The minimum atomic E-state index is -1.79. The summed E-state index contributed by atoms with van der Waals surface area (Å²) in [4.78, 5) is 2.35. The summed E-state index contributed by atoms with van der Waals surface area (Å²) in [5, 5.41) is 40.9. The van der Waals surface area contributed by atoms with Crippen LogP contribution < -0.4 is 10.2 Å². The van der Waals surface area contributed by atoms with Gasteiger partial charge in [-0.05, 0) is 125 Å². The number of benzene rings is 5. The van der Waals surface area contributed by atoms with Crippen molar-refractivity contribution in [3.63, 3.8) is 0 Å². The molecule has 5 aromatic rings. The summed E-state index contributed by atoms with van der Waals surface area (Å²) >= 11 is 13.5. The van der Waals surface area contributed by atoms with E-state index in [0.29, 0.717) is 13.2 Å². The van der Waals surface area contributed by atoms with Crippen LogP contribution in [-0.4, -0.2) is 104 Å². The summed E-state index contributed by atoms with van der Waals surface area (Å²) in [6.07, 6.45) is 0.263. The Labute approximate surface area is 480 Å². The lowest BCUT2D eigenvalue weighted by Gasteiger charge is -2.37. The van der Waals surface area contributed by atoms with E-state index in [9.17, 15) is 15.3 Å². The van der Waals surface area contributed by atoms with Crippen LogP contribution in [0.1, 0.15) is 93.8 Å². The fourth-order valence-corrected chi connectivity index (χ4v) is 10.1. The van der Waals surface area contributed by atoms with E-state index >= 15 is 0 Å². The van der Waals surface area contributed by atoms with Gasteiger partial charge in [-0.25, -0.2) is 0 Å². The molecule has 1 fully saturated rings. The van der Waals surface area contributed by atoms with E-state index in [-0.39, 0.29) is 35.5 Å². The zero-order valence-corrected chi connectivity index (χ0v) is 54.0. The number of nitrogens with zero attached hydrogens (tertiary/aromatic N) is 1. The Morgan fingerprint density at radius 2 is 0.973 bits per heavy atom. The van der Waals surface area contributed by atoms with Gasteiger partial charge in [0, 0.05) is 64.0 Å². The van der Waals surface area contributed by atoms with Crippen LogP contribution in [0, 0.1) is 0 Å². The van der Waals surface area contributed by atoms with Crippen molar-refractivity contribution in [3.8, 4) is 0 Å². The third kappa shape index (κ3) is 24.5. The summed E-state index contributed by atoms with van der Waals surface area (Å²) in [6, 6.07) is 39.4. The Balaban J connectivity index is 0.000000324. The number of piperazine rings is 1. The lowest BCUT2D eigenvalue weighted by molar-refractivity contribution is 0.0484. The highest BCUT2D eigenvalue weighted by molar-refractivity contribution is 9.11. The molecule has 6 rings (SSSR count). The number of aliphatic hydroxyl groups is 4. The maximum Gasteiger partial charge on any atom is 0.192 e. The molecule has 10 nitrogen and oxygen atoms in total. The number of ether oxygens (including phenoxy) is 2. The molecule has 16 heteroatoms. The van der Waals surface area contributed by atoms with Gasteiger partial charge in [0.2, 0.25) is 0 Å². The molecule has 0 radical (unpaired) electrons. The van der Waals surface area contributed by atoms with Crippen LogP contribution in [-0.2, 0) is 18.3 Å². The lowest BCUT2D eigenvalue weighted by atomic mass is 10.1. The molecule has 0 unspecified atom stereocenters. The van der Waals surface area contributed by atoms with Crippen molar-refractivity contribution in [1.82, 2.24) is 5.32 Å². The van der Waals surface area contributed by atoms with E-state index < -0.39 is 28.8 Å². The van der Waals surface area contributed by atoms with Crippen LogP contribution >= 0.6 is 63.7 Å². The van der Waals surface area contributed by atoms with E-state index in [0.717, 1.165) is 71.9 Å². The number of hydrogen-bond donors (Lipinski definition) is 5. The largest absolute Gasteiger partial charge is 0.414 e. The highest BCUT2D eigenvalue weighted by Gasteiger charge is 2.38. The quantitative estimate of drug-likeness (QED) is 0.0608. The summed E-state index contributed by atoms with van der Waals surface area (Å²) in [7, 11) is -0.148. The molecule has 0 saturated carbocycles. The van der Waals surface area contributed by atoms with Gasteiger partial charge in [0.25, 0.3) is 0 Å². The van der Waals surface area contributed by atoms with Crippen LogP contribution in [0.3, 0.4) is 0 Å². The Morgan fingerprint density at radius 1 is 0.568 bits per heavy atom. The first kappa shape index (κ1) is 67.7. The Bertz CT molecular complexity index is 2370. The molecular formula is C58H84Br4N2O8Si2. The fourth-order valence-electron chi connectivity index (χ4n) is 6.44. The van der Waals surface area contributed by atoms with Crippen molar-refractivity contribution in [1.29, 1.82) is 0 Å². The monoisotopic (exact) mass is 1310 g/mol. The molecule has 0 spiro atoms. The number of aliphatic hydroxyl groups excluding tert-OH is 4. The molecular weight excluding hydrogens is 1230 g/mol. The molecule has 1 aliphatic rings. The average molecular weight is 1310 g/mol. The van der Waals surface area contributed by atoms with E-state index in [4.69, 9.17) is 23.4 Å². The summed E-state index contributed by atoms with van der Waals surface area (Å²) in [6.45, 7) is 30.8. The van der Waals surface area contributed by atoms with Crippen LogP contribution in [0.4, 0.5) is 5.69 Å². The molecule has 4 atom stereocenters. The van der Waals surface area contributed by atoms with Gasteiger partial charge >= 0.3 is 0 Å². The van der Waals surface area contributed by atoms with Gasteiger partial charge in [0.1, 0.15) is 24.4 Å². The van der Waals surface area contributed by atoms with Gasteiger partial charge in [0.15, 0.2) is 16.6 Å². The van der Waals surface area contributed by atoms with Gasteiger partial charge in [0.05, 0.1) is 26.4 Å². The minimum absolute atomic E-state index is 0.00775. The van der Waals surface area contributed by atoms with Crippen LogP contribution in [0.15, 0.2) is 146 Å². The van der Waals surface area contributed by atoms with Crippen LogP contribution in [0.2, 0.25) is 36.3 Å². The van der Waals surface area contributed by atoms with Crippen molar-refractivity contribution >= 4 is 92.1 Å². The van der Waals surface area contributed by atoms with Gasteiger partial charge < -0.3 is 49.0 Å². The molecule has 0 amide bonds. The number of nitrogens with one attached hydrogen (secondary N) is 1. The third-order valence-electron chi connectivity index (χ3n) is 13.2. The first-order valence-corrected chi connectivity index (χ1v) is 33.8. The molecule has 0 bridgehead atoms. The van der Waals surface area contributed by atoms with Crippen LogP contribution in [0.5, 0.6) is 0 Å². The number of hydrogen-bond acceptors (Lipinski definition) is 10. The van der Waals surface area contributed by atoms with Gasteiger partial charge in [-0.3, -0.25) is 0 Å². The number of rotatable bonds is 16. The van der Waals surface area contributed by atoms with Crippen molar-refractivity contribution in [3.05, 3.63) is 174 Å². The Hall–Kier alpha value is -2.37. The fraction of sp³-hybridized carbons (Fsp3) is 0.448. The van der Waals surface area contributed by atoms with E-state index in [1.807, 2.05) is 91.0 Å². The van der Waals surface area contributed by atoms with Gasteiger partial charge in [-0.1, -0.05) is 179 Å². The highest BCUT2D eigenvalue weighted by atomic mass is 79.9. The predicted octanol–water partition coefficient (Wildman–Crippen LogP) is 15.0. The first-order chi connectivity index (χ1) is 34.7. The maximum absolute atomic E-state index is 10.2. The summed E-state index contributed by atoms with van der Waals surface area (Å²) in [5.74, 6) is 0. The number of anilines is 1. The van der Waals surface area contributed by atoms with Crippen LogP contribution in [0.25, 0.3) is 6.08 Å².